The smallest absolute Gasteiger partial charge is 0.407 e. The van der Waals surface area contributed by atoms with Crippen molar-refractivity contribution in [1.82, 2.24) is 10.6 Å². The van der Waals surface area contributed by atoms with E-state index < -0.39 is 24.6 Å². The Balaban J connectivity index is 0.928. The number of hydrogen-bond acceptors (Lipinski definition) is 15. The summed E-state index contributed by atoms with van der Waals surface area (Å²) in [4.78, 5) is 34.0. The number of hydrogen-bond donors (Lipinski definition) is 3. The highest BCUT2D eigenvalue weighted by Crippen LogP contribution is 2.44. The van der Waals surface area contributed by atoms with Crippen molar-refractivity contribution < 1.29 is 76.3 Å². The third kappa shape index (κ3) is 24.5. The first-order chi connectivity index (χ1) is 29.6. The molecule has 0 aromatic heterocycles. The number of carboxylic acid groups (broad SMARTS) is 1. The zero-order valence-electron chi connectivity index (χ0n) is 34.7. The summed E-state index contributed by atoms with van der Waals surface area (Å²) in [6.07, 6.45) is 0.250. The Morgan fingerprint density at radius 2 is 0.833 bits per heavy atom. The van der Waals surface area contributed by atoms with Crippen LogP contribution in [-0.4, -0.2) is 188 Å². The van der Waals surface area contributed by atoms with Gasteiger partial charge < -0.3 is 72.6 Å². The van der Waals surface area contributed by atoms with Crippen LogP contribution in [0, 0.1) is 0 Å². The van der Waals surface area contributed by atoms with Crippen LogP contribution in [0.3, 0.4) is 0 Å². The molecule has 18 nitrogen and oxygen atoms in total. The predicted molar refractivity (Wildman–Crippen MR) is 217 cm³/mol. The summed E-state index contributed by atoms with van der Waals surface area (Å²) in [6.45, 7) is 9.19. The van der Waals surface area contributed by atoms with Crippen LogP contribution in [0.1, 0.15) is 23.5 Å². The highest BCUT2D eigenvalue weighted by molar-refractivity contribution is 5.79. The second-order valence-corrected chi connectivity index (χ2v) is 13.0. The highest BCUT2D eigenvalue weighted by Gasteiger charge is 2.29. The van der Waals surface area contributed by atoms with E-state index in [2.05, 4.69) is 39.6 Å². The van der Waals surface area contributed by atoms with E-state index in [1.807, 2.05) is 24.3 Å². The molecule has 2 aromatic rings. The molecule has 0 unspecified atom stereocenters. The van der Waals surface area contributed by atoms with E-state index in [-0.39, 0.29) is 12.5 Å². The lowest BCUT2D eigenvalue weighted by Crippen LogP contribution is -2.31. The largest absolute Gasteiger partial charge is 0.480 e. The molecule has 18 heteroatoms. The summed E-state index contributed by atoms with van der Waals surface area (Å²) in [7, 11) is 0. The monoisotopic (exact) mass is 852 g/mol. The quantitative estimate of drug-likeness (QED) is 0.0823. The molecule has 338 valence electrons. The first-order valence-corrected chi connectivity index (χ1v) is 20.5. The second-order valence-electron chi connectivity index (χ2n) is 13.0. The van der Waals surface area contributed by atoms with Gasteiger partial charge in [-0.2, -0.15) is 0 Å². The number of carbonyl (C=O) groups is 3. The Bertz CT molecular complexity index is 1370. The molecule has 3 N–H and O–H groups in total. The molecule has 0 spiro atoms. The first kappa shape index (κ1) is 50.6. The van der Waals surface area contributed by atoms with Crippen LogP contribution in [0.25, 0.3) is 11.1 Å². The van der Waals surface area contributed by atoms with Gasteiger partial charge in [-0.05, 0) is 28.7 Å². The van der Waals surface area contributed by atoms with Crippen LogP contribution in [-0.2, 0) is 66.4 Å². The van der Waals surface area contributed by atoms with E-state index in [1.54, 1.807) is 0 Å². The zero-order valence-corrected chi connectivity index (χ0v) is 34.7. The maximum atomic E-state index is 12.3. The van der Waals surface area contributed by atoms with Crippen molar-refractivity contribution in [3.05, 3.63) is 59.7 Å². The molecule has 0 saturated heterocycles. The standard InChI is InChI=1S/C42H64N2O16/c45-40(33-59-34-41(46)47)43-11-13-50-15-17-52-19-21-54-23-25-56-27-29-58-31-30-57-28-26-55-24-22-53-20-18-51-16-14-49-12-5-10-44-42(48)60-32-39-37-8-3-1-6-35(37)36-7-2-4-9-38(36)39/h1-4,6-9,39H,5,10-34H2,(H,43,45)(H,44,48)(H,46,47). The summed E-state index contributed by atoms with van der Waals surface area (Å²) >= 11 is 0. The Hall–Kier alpha value is -3.79. The third-order valence-corrected chi connectivity index (χ3v) is 8.45. The minimum atomic E-state index is -1.13. The van der Waals surface area contributed by atoms with Gasteiger partial charge in [-0.15, -0.1) is 0 Å². The van der Waals surface area contributed by atoms with E-state index >= 15 is 0 Å². The Morgan fingerprint density at radius 3 is 1.25 bits per heavy atom. The number of nitrogens with one attached hydrogen (secondary N) is 2. The van der Waals surface area contributed by atoms with Crippen molar-refractivity contribution in [3.8, 4) is 11.1 Å². The molecule has 2 aromatic carbocycles. The Kier molecular flexibility index (Phi) is 29.4. The van der Waals surface area contributed by atoms with Crippen LogP contribution in [0.4, 0.5) is 4.79 Å². The average molecular weight is 853 g/mol. The number of ether oxygens (including phenoxy) is 12. The van der Waals surface area contributed by atoms with Gasteiger partial charge in [0.1, 0.15) is 19.8 Å². The zero-order chi connectivity index (χ0) is 42.6. The summed E-state index contributed by atoms with van der Waals surface area (Å²) in [6, 6.07) is 16.5. The summed E-state index contributed by atoms with van der Waals surface area (Å²) in [5, 5.41) is 13.8. The van der Waals surface area contributed by atoms with Gasteiger partial charge in [0.15, 0.2) is 0 Å². The lowest BCUT2D eigenvalue weighted by molar-refractivity contribution is -0.143. The molecule has 0 radical (unpaired) electrons. The van der Waals surface area contributed by atoms with Gasteiger partial charge in [-0.25, -0.2) is 9.59 Å². The van der Waals surface area contributed by atoms with Crippen molar-refractivity contribution >= 4 is 18.0 Å². The number of benzene rings is 2. The van der Waals surface area contributed by atoms with Gasteiger partial charge in [0, 0.05) is 25.6 Å². The van der Waals surface area contributed by atoms with E-state index in [9.17, 15) is 14.4 Å². The number of carboxylic acids is 1. The molecule has 1 aliphatic carbocycles. The number of fused-ring (bicyclic) bond motifs is 3. The van der Waals surface area contributed by atoms with Crippen LogP contribution >= 0.6 is 0 Å². The molecule has 0 bridgehead atoms. The molecular formula is C42H64N2O16. The topological polar surface area (TPSA) is 206 Å². The van der Waals surface area contributed by atoms with Crippen molar-refractivity contribution in [2.45, 2.75) is 12.3 Å². The molecular weight excluding hydrogens is 788 g/mol. The maximum absolute atomic E-state index is 12.3. The molecule has 1 aliphatic rings. The number of alkyl carbamates (subject to hydrolysis) is 1. The molecule has 0 fully saturated rings. The fourth-order valence-electron chi connectivity index (χ4n) is 5.64. The van der Waals surface area contributed by atoms with Crippen LogP contribution in [0.15, 0.2) is 48.5 Å². The molecule has 0 saturated carbocycles. The van der Waals surface area contributed by atoms with Crippen molar-refractivity contribution in [3.63, 3.8) is 0 Å². The summed E-state index contributed by atoms with van der Waals surface area (Å²) in [5.41, 5.74) is 4.78. The third-order valence-electron chi connectivity index (χ3n) is 8.45. The van der Waals surface area contributed by atoms with Gasteiger partial charge in [0.05, 0.1) is 126 Å². The molecule has 60 heavy (non-hydrogen) atoms. The van der Waals surface area contributed by atoms with Gasteiger partial charge in [-0.1, -0.05) is 48.5 Å². The van der Waals surface area contributed by atoms with E-state index in [4.69, 9.17) is 57.2 Å². The van der Waals surface area contributed by atoms with E-state index in [1.165, 1.54) is 22.3 Å². The lowest BCUT2D eigenvalue weighted by Gasteiger charge is -2.14. The van der Waals surface area contributed by atoms with Crippen LogP contribution in [0.5, 0.6) is 0 Å². The molecule has 3 rings (SSSR count). The maximum Gasteiger partial charge on any atom is 0.407 e. The van der Waals surface area contributed by atoms with Gasteiger partial charge >= 0.3 is 12.1 Å². The highest BCUT2D eigenvalue weighted by atomic mass is 16.6. The fourth-order valence-corrected chi connectivity index (χ4v) is 5.64. The molecule has 0 aliphatic heterocycles. The Morgan fingerprint density at radius 1 is 0.450 bits per heavy atom. The first-order valence-electron chi connectivity index (χ1n) is 20.5. The lowest BCUT2D eigenvalue weighted by atomic mass is 9.98. The van der Waals surface area contributed by atoms with Gasteiger partial charge in [0.25, 0.3) is 0 Å². The fraction of sp³-hybridized carbons (Fsp3) is 0.643. The summed E-state index contributed by atoms with van der Waals surface area (Å²) in [5.74, 6) is -1.49. The number of amides is 2. The number of aliphatic carboxylic acids is 1. The predicted octanol–water partition coefficient (Wildman–Crippen LogP) is 2.30. The van der Waals surface area contributed by atoms with Gasteiger partial charge in [-0.3, -0.25) is 4.79 Å². The van der Waals surface area contributed by atoms with Crippen LogP contribution in [0.2, 0.25) is 0 Å². The van der Waals surface area contributed by atoms with Crippen molar-refractivity contribution in [1.29, 1.82) is 0 Å². The van der Waals surface area contributed by atoms with Crippen molar-refractivity contribution in [2.24, 2.45) is 0 Å². The van der Waals surface area contributed by atoms with E-state index in [0.717, 1.165) is 0 Å². The SMILES string of the molecule is O=C(O)COCC(=O)NCCOCCOCCOCCOCCOCCOCCOCCOCCOCCOCCCNC(=O)OCC1c2ccccc2-c2ccccc21. The molecule has 0 heterocycles. The molecule has 2 amide bonds. The van der Waals surface area contributed by atoms with Crippen LogP contribution < -0.4 is 10.6 Å². The second kappa shape index (κ2) is 34.9. The number of rotatable bonds is 40. The number of carbonyl (C=O) groups excluding carboxylic acids is 2. The average Bonchev–Trinajstić information content (AvgIpc) is 3.57. The molecule has 0 atom stereocenters. The summed E-state index contributed by atoms with van der Waals surface area (Å²) < 4.78 is 65.0. The normalized spacial score (nSPS) is 12.0. The Labute approximate surface area is 352 Å². The minimum Gasteiger partial charge on any atom is -0.480 e. The van der Waals surface area contributed by atoms with Gasteiger partial charge in [0.2, 0.25) is 5.91 Å². The minimum absolute atomic E-state index is 0.0409. The van der Waals surface area contributed by atoms with Crippen molar-refractivity contribution in [2.75, 3.05) is 165 Å². The van der Waals surface area contributed by atoms with E-state index in [0.29, 0.717) is 158 Å².